The molecule has 3 nitrogen and oxygen atoms in total. The molecule has 0 fully saturated rings. The van der Waals surface area contributed by atoms with Crippen molar-refractivity contribution in [3.05, 3.63) is 52.3 Å². The smallest absolute Gasteiger partial charge is 0.0834 e. The molecule has 0 saturated carbocycles. The summed E-state index contributed by atoms with van der Waals surface area (Å²) in [5.41, 5.74) is 3.83. The van der Waals surface area contributed by atoms with Crippen molar-refractivity contribution in [2.45, 2.75) is 39.3 Å². The first kappa shape index (κ1) is 15.1. The van der Waals surface area contributed by atoms with Crippen molar-refractivity contribution in [1.82, 2.24) is 15.1 Å². The van der Waals surface area contributed by atoms with Crippen molar-refractivity contribution >= 4 is 11.6 Å². The molecule has 0 aliphatic heterocycles. The molecule has 0 radical (unpaired) electrons. The van der Waals surface area contributed by atoms with E-state index in [0.717, 1.165) is 30.1 Å². The predicted octanol–water partition coefficient (Wildman–Crippen LogP) is 3.76. The molecule has 1 atom stereocenters. The number of nitrogens with zero attached hydrogens (tertiary/aromatic N) is 2. The first-order valence-corrected chi connectivity index (χ1v) is 7.48. The Kier molecular flexibility index (Phi) is 5.21. The number of aryl methyl sites for hydroxylation is 3. The zero-order valence-electron chi connectivity index (χ0n) is 12.4. The molecule has 2 rings (SSSR count). The maximum absolute atomic E-state index is 6.29. The van der Waals surface area contributed by atoms with Gasteiger partial charge in [0.05, 0.1) is 23.0 Å². The third-order valence-electron chi connectivity index (χ3n) is 3.77. The van der Waals surface area contributed by atoms with Gasteiger partial charge in [-0.15, -0.1) is 0 Å². The van der Waals surface area contributed by atoms with Gasteiger partial charge in [-0.1, -0.05) is 35.9 Å². The van der Waals surface area contributed by atoms with Crippen molar-refractivity contribution in [1.29, 1.82) is 0 Å². The molecule has 0 amide bonds. The third-order valence-corrected chi connectivity index (χ3v) is 4.07. The zero-order valence-corrected chi connectivity index (χ0v) is 13.1. The van der Waals surface area contributed by atoms with E-state index in [0.29, 0.717) is 0 Å². The fourth-order valence-corrected chi connectivity index (χ4v) is 2.85. The van der Waals surface area contributed by atoms with E-state index in [-0.39, 0.29) is 6.04 Å². The van der Waals surface area contributed by atoms with Crippen LogP contribution in [0.15, 0.2) is 30.5 Å². The molecule has 1 aromatic carbocycles. The predicted molar refractivity (Wildman–Crippen MR) is 84.2 cm³/mol. The van der Waals surface area contributed by atoms with E-state index in [1.54, 1.807) is 6.20 Å². The topological polar surface area (TPSA) is 29.9 Å². The highest BCUT2D eigenvalue weighted by Gasteiger charge is 2.18. The summed E-state index contributed by atoms with van der Waals surface area (Å²) in [5, 5.41) is 8.43. The second kappa shape index (κ2) is 6.91. The summed E-state index contributed by atoms with van der Waals surface area (Å²) in [5.74, 6) is 0. The lowest BCUT2D eigenvalue weighted by Gasteiger charge is -2.18. The maximum Gasteiger partial charge on any atom is 0.0834 e. The molecule has 1 aromatic heterocycles. The number of nitrogens with one attached hydrogen (secondary N) is 1. The lowest BCUT2D eigenvalue weighted by atomic mass is 9.99. The minimum Gasteiger partial charge on any atom is -0.312 e. The molecular weight excluding hydrogens is 270 g/mol. The van der Waals surface area contributed by atoms with E-state index in [1.807, 2.05) is 11.7 Å². The Morgan fingerprint density at radius 2 is 2.10 bits per heavy atom. The van der Waals surface area contributed by atoms with E-state index in [1.165, 1.54) is 11.1 Å². The van der Waals surface area contributed by atoms with E-state index < -0.39 is 0 Å². The molecule has 20 heavy (non-hydrogen) atoms. The van der Waals surface area contributed by atoms with Crippen LogP contribution in [0.25, 0.3) is 0 Å². The first-order chi connectivity index (χ1) is 9.67. The number of hydrogen-bond donors (Lipinski definition) is 1. The number of aromatic nitrogens is 2. The number of benzene rings is 1. The van der Waals surface area contributed by atoms with Crippen LogP contribution < -0.4 is 5.32 Å². The van der Waals surface area contributed by atoms with E-state index in [4.69, 9.17) is 11.6 Å². The minimum atomic E-state index is 0.226. The Bertz CT molecular complexity index is 563. The van der Waals surface area contributed by atoms with Crippen LogP contribution >= 0.6 is 11.6 Å². The Labute approximate surface area is 126 Å². The molecule has 0 bridgehead atoms. The molecule has 2 aromatic rings. The Hall–Kier alpha value is -1.32. The summed E-state index contributed by atoms with van der Waals surface area (Å²) in [6, 6.07) is 8.76. The zero-order chi connectivity index (χ0) is 14.5. The summed E-state index contributed by atoms with van der Waals surface area (Å²) in [7, 11) is 1.98. The van der Waals surface area contributed by atoms with Gasteiger partial charge in [-0.05, 0) is 44.9 Å². The molecule has 0 spiro atoms. The Morgan fingerprint density at radius 1 is 1.35 bits per heavy atom. The molecule has 0 aliphatic rings. The van der Waals surface area contributed by atoms with Gasteiger partial charge in [-0.25, -0.2) is 0 Å². The minimum absolute atomic E-state index is 0.226. The monoisotopic (exact) mass is 291 g/mol. The van der Waals surface area contributed by atoms with Gasteiger partial charge < -0.3 is 5.32 Å². The fourth-order valence-electron chi connectivity index (χ4n) is 2.58. The van der Waals surface area contributed by atoms with E-state index >= 15 is 0 Å². The normalized spacial score (nSPS) is 12.6. The number of rotatable bonds is 6. The van der Waals surface area contributed by atoms with Crippen LogP contribution in [-0.2, 0) is 13.0 Å². The Morgan fingerprint density at radius 3 is 2.75 bits per heavy atom. The van der Waals surface area contributed by atoms with Crippen molar-refractivity contribution in [3.8, 4) is 0 Å². The second-order valence-electron chi connectivity index (χ2n) is 5.00. The molecule has 4 heteroatoms. The molecule has 1 heterocycles. The van der Waals surface area contributed by atoms with Gasteiger partial charge in [-0.2, -0.15) is 5.10 Å². The van der Waals surface area contributed by atoms with Crippen molar-refractivity contribution in [3.63, 3.8) is 0 Å². The molecule has 0 aliphatic carbocycles. The van der Waals surface area contributed by atoms with Crippen LogP contribution in [0, 0.1) is 6.92 Å². The number of halogens is 1. The van der Waals surface area contributed by atoms with E-state index in [2.05, 4.69) is 48.5 Å². The molecule has 0 saturated heterocycles. The third kappa shape index (κ3) is 3.22. The highest BCUT2D eigenvalue weighted by Crippen LogP contribution is 2.26. The van der Waals surface area contributed by atoms with Crippen molar-refractivity contribution in [2.75, 3.05) is 7.05 Å². The first-order valence-electron chi connectivity index (χ1n) is 7.10. The second-order valence-corrected chi connectivity index (χ2v) is 5.41. The lowest BCUT2D eigenvalue weighted by molar-refractivity contribution is 0.488. The summed E-state index contributed by atoms with van der Waals surface area (Å²) in [6.45, 7) is 5.08. The van der Waals surface area contributed by atoms with Crippen LogP contribution in [0.4, 0.5) is 0 Å². The van der Waals surface area contributed by atoms with E-state index in [9.17, 15) is 0 Å². The van der Waals surface area contributed by atoms with Gasteiger partial charge in [0.15, 0.2) is 0 Å². The summed E-state index contributed by atoms with van der Waals surface area (Å²) < 4.78 is 1.97. The SMILES string of the molecule is CCn1ncc(Cl)c1C(CCc1ccccc1C)NC. The van der Waals surface area contributed by atoms with Crippen LogP contribution in [0.5, 0.6) is 0 Å². The van der Waals surface area contributed by atoms with Crippen LogP contribution in [0.1, 0.15) is 36.2 Å². The summed E-state index contributed by atoms with van der Waals surface area (Å²) in [4.78, 5) is 0. The molecule has 1 N–H and O–H groups in total. The van der Waals surface area contributed by atoms with Gasteiger partial charge in [0.25, 0.3) is 0 Å². The molecule has 108 valence electrons. The fraction of sp³-hybridized carbons (Fsp3) is 0.438. The standard InChI is InChI=1S/C16H22ClN3/c1-4-20-16(14(17)11-19-20)15(18-3)10-9-13-8-6-5-7-12(13)2/h5-8,11,15,18H,4,9-10H2,1-3H3. The summed E-state index contributed by atoms with van der Waals surface area (Å²) in [6.07, 6.45) is 3.77. The average molecular weight is 292 g/mol. The van der Waals surface area contributed by atoms with Gasteiger partial charge >= 0.3 is 0 Å². The Balaban J connectivity index is 2.13. The average Bonchev–Trinajstić information content (AvgIpc) is 2.83. The van der Waals surface area contributed by atoms with Gasteiger partial charge in [0.1, 0.15) is 0 Å². The molecule has 1 unspecified atom stereocenters. The van der Waals surface area contributed by atoms with Gasteiger partial charge in [0.2, 0.25) is 0 Å². The quantitative estimate of drug-likeness (QED) is 0.878. The number of hydrogen-bond acceptors (Lipinski definition) is 2. The van der Waals surface area contributed by atoms with Crippen LogP contribution in [-0.4, -0.2) is 16.8 Å². The highest BCUT2D eigenvalue weighted by atomic mass is 35.5. The van der Waals surface area contributed by atoms with Crippen molar-refractivity contribution in [2.24, 2.45) is 0 Å². The summed E-state index contributed by atoms with van der Waals surface area (Å²) >= 11 is 6.29. The van der Waals surface area contributed by atoms with Crippen LogP contribution in [0.3, 0.4) is 0 Å². The maximum atomic E-state index is 6.29. The largest absolute Gasteiger partial charge is 0.312 e. The van der Waals surface area contributed by atoms with Gasteiger partial charge in [0, 0.05) is 6.54 Å². The van der Waals surface area contributed by atoms with Gasteiger partial charge in [-0.3, -0.25) is 4.68 Å². The highest BCUT2D eigenvalue weighted by molar-refractivity contribution is 6.31. The van der Waals surface area contributed by atoms with Crippen molar-refractivity contribution < 1.29 is 0 Å². The lowest BCUT2D eigenvalue weighted by Crippen LogP contribution is -2.21. The molecular formula is C16H22ClN3. The van der Waals surface area contributed by atoms with Crippen LogP contribution in [0.2, 0.25) is 5.02 Å².